The van der Waals surface area contributed by atoms with E-state index in [1.165, 1.54) is 0 Å². The Labute approximate surface area is 125 Å². The Morgan fingerprint density at radius 2 is 2.00 bits per heavy atom. The normalized spacial score (nSPS) is 10.4. The van der Waals surface area contributed by atoms with Gasteiger partial charge >= 0.3 is 0 Å². The van der Waals surface area contributed by atoms with E-state index in [9.17, 15) is 4.79 Å². The molecule has 8 heteroatoms. The number of carbonyl (C=O) groups is 1. The van der Waals surface area contributed by atoms with Gasteiger partial charge in [-0.3, -0.25) is 4.79 Å². The van der Waals surface area contributed by atoms with Crippen LogP contribution in [-0.2, 0) is 0 Å². The standard InChI is InChI=1S/C12H12Cl2N4O2/c1-6-11(17-20-16-6)15-12(19)7-4-5-8(13)10(9(7)14)18(2)3/h4-5H,1-3H3,(H,15,17,19). The van der Waals surface area contributed by atoms with Gasteiger partial charge in [-0.25, -0.2) is 4.63 Å². The number of benzene rings is 1. The van der Waals surface area contributed by atoms with Gasteiger partial charge < -0.3 is 10.2 Å². The van der Waals surface area contributed by atoms with Crippen molar-refractivity contribution in [1.82, 2.24) is 10.3 Å². The van der Waals surface area contributed by atoms with Gasteiger partial charge in [-0.1, -0.05) is 28.4 Å². The molecule has 0 unspecified atom stereocenters. The summed E-state index contributed by atoms with van der Waals surface area (Å²) in [5.74, 6) is -0.152. The largest absolute Gasteiger partial charge is 0.375 e. The number of carbonyl (C=O) groups excluding carboxylic acids is 1. The van der Waals surface area contributed by atoms with Gasteiger partial charge in [-0.2, -0.15) is 0 Å². The quantitative estimate of drug-likeness (QED) is 0.943. The van der Waals surface area contributed by atoms with Crippen molar-refractivity contribution in [3.05, 3.63) is 33.4 Å². The summed E-state index contributed by atoms with van der Waals surface area (Å²) in [6.07, 6.45) is 0. The lowest BCUT2D eigenvalue weighted by Crippen LogP contribution is -2.16. The molecule has 106 valence electrons. The molecule has 0 radical (unpaired) electrons. The van der Waals surface area contributed by atoms with E-state index in [4.69, 9.17) is 23.2 Å². The number of anilines is 2. The zero-order valence-corrected chi connectivity index (χ0v) is 12.6. The number of nitrogens with zero attached hydrogens (tertiary/aromatic N) is 3. The third-order valence-electron chi connectivity index (χ3n) is 2.64. The van der Waals surface area contributed by atoms with Crippen LogP contribution in [0.5, 0.6) is 0 Å². The second-order valence-electron chi connectivity index (χ2n) is 4.30. The molecule has 0 aliphatic rings. The number of hydrogen-bond donors (Lipinski definition) is 1. The smallest absolute Gasteiger partial charge is 0.258 e. The van der Waals surface area contributed by atoms with E-state index in [0.717, 1.165) is 0 Å². The SMILES string of the molecule is Cc1nonc1NC(=O)c1ccc(Cl)c(N(C)C)c1Cl. The monoisotopic (exact) mass is 314 g/mol. The molecule has 0 saturated heterocycles. The number of hydrogen-bond acceptors (Lipinski definition) is 5. The first-order valence-corrected chi connectivity index (χ1v) is 6.43. The summed E-state index contributed by atoms with van der Waals surface area (Å²) >= 11 is 12.3. The molecule has 1 amide bonds. The maximum Gasteiger partial charge on any atom is 0.258 e. The Hall–Kier alpha value is -1.79. The molecule has 2 rings (SSSR count). The van der Waals surface area contributed by atoms with Gasteiger partial charge in [-0.15, -0.1) is 0 Å². The van der Waals surface area contributed by atoms with Gasteiger partial charge in [0, 0.05) is 14.1 Å². The number of halogens is 2. The van der Waals surface area contributed by atoms with Gasteiger partial charge in [0.25, 0.3) is 5.91 Å². The molecule has 20 heavy (non-hydrogen) atoms. The van der Waals surface area contributed by atoms with Crippen LogP contribution in [0.2, 0.25) is 10.0 Å². The molecular formula is C12H12Cl2N4O2. The fourth-order valence-electron chi connectivity index (χ4n) is 1.65. The first-order valence-electron chi connectivity index (χ1n) is 5.67. The summed E-state index contributed by atoms with van der Waals surface area (Å²) in [7, 11) is 3.58. The summed E-state index contributed by atoms with van der Waals surface area (Å²) in [6, 6.07) is 3.17. The summed E-state index contributed by atoms with van der Waals surface area (Å²) < 4.78 is 4.52. The van der Waals surface area contributed by atoms with Gasteiger partial charge in [0.15, 0.2) is 0 Å². The van der Waals surface area contributed by atoms with Crippen LogP contribution < -0.4 is 10.2 Å². The topological polar surface area (TPSA) is 71.3 Å². The Morgan fingerprint density at radius 1 is 1.30 bits per heavy atom. The predicted octanol–water partition coefficient (Wildman–Crippen LogP) is 3.00. The van der Waals surface area contributed by atoms with Crippen molar-refractivity contribution >= 4 is 40.6 Å². The van der Waals surface area contributed by atoms with Gasteiger partial charge in [0.05, 0.1) is 21.3 Å². The molecule has 1 aromatic carbocycles. The van der Waals surface area contributed by atoms with Crippen molar-refractivity contribution in [3.63, 3.8) is 0 Å². The second-order valence-corrected chi connectivity index (χ2v) is 5.09. The first kappa shape index (κ1) is 14.6. The van der Waals surface area contributed by atoms with E-state index in [1.807, 2.05) is 0 Å². The second kappa shape index (κ2) is 5.68. The maximum absolute atomic E-state index is 12.2. The summed E-state index contributed by atoms with van der Waals surface area (Å²) in [4.78, 5) is 13.9. The fourth-order valence-corrected chi connectivity index (χ4v) is 2.44. The third kappa shape index (κ3) is 2.71. The lowest BCUT2D eigenvalue weighted by atomic mass is 10.1. The van der Waals surface area contributed by atoms with Crippen LogP contribution >= 0.6 is 23.2 Å². The molecule has 0 bridgehead atoms. The Bertz CT molecular complexity index is 655. The van der Waals surface area contributed by atoms with Crippen LogP contribution in [0.4, 0.5) is 11.5 Å². The molecule has 0 spiro atoms. The van der Waals surface area contributed by atoms with Crippen LogP contribution in [-0.4, -0.2) is 30.3 Å². The number of rotatable bonds is 3. The molecule has 2 aromatic rings. The fraction of sp³-hybridized carbons (Fsp3) is 0.250. The van der Waals surface area contributed by atoms with E-state index in [-0.39, 0.29) is 10.8 Å². The van der Waals surface area contributed by atoms with Crippen molar-refractivity contribution in [3.8, 4) is 0 Å². The highest BCUT2D eigenvalue weighted by atomic mass is 35.5. The van der Waals surface area contributed by atoms with E-state index in [2.05, 4.69) is 20.3 Å². The van der Waals surface area contributed by atoms with Gasteiger partial charge in [0.1, 0.15) is 5.69 Å². The van der Waals surface area contributed by atoms with Crippen molar-refractivity contribution in [1.29, 1.82) is 0 Å². The average molecular weight is 315 g/mol. The van der Waals surface area contributed by atoms with Crippen LogP contribution in [0.3, 0.4) is 0 Å². The molecule has 0 fully saturated rings. The van der Waals surface area contributed by atoms with Crippen LogP contribution in [0.25, 0.3) is 0 Å². The van der Waals surface area contributed by atoms with Crippen LogP contribution in [0.1, 0.15) is 16.1 Å². The maximum atomic E-state index is 12.2. The molecule has 1 heterocycles. The van der Waals surface area contributed by atoms with E-state index < -0.39 is 5.91 Å². The lowest BCUT2D eigenvalue weighted by Gasteiger charge is -2.18. The van der Waals surface area contributed by atoms with Gasteiger partial charge in [0.2, 0.25) is 5.82 Å². The Kier molecular flexibility index (Phi) is 4.15. The minimum atomic E-state index is -0.409. The summed E-state index contributed by atoms with van der Waals surface area (Å²) in [5.41, 5.74) is 1.36. The average Bonchev–Trinajstić information content (AvgIpc) is 2.74. The Balaban J connectivity index is 2.36. The molecule has 1 aromatic heterocycles. The highest BCUT2D eigenvalue weighted by Gasteiger charge is 2.19. The number of aryl methyl sites for hydroxylation is 1. The van der Waals surface area contributed by atoms with Crippen molar-refractivity contribution in [2.24, 2.45) is 0 Å². The molecule has 1 N–H and O–H groups in total. The Morgan fingerprint density at radius 3 is 2.55 bits per heavy atom. The zero-order valence-electron chi connectivity index (χ0n) is 11.1. The predicted molar refractivity (Wildman–Crippen MR) is 77.8 cm³/mol. The lowest BCUT2D eigenvalue weighted by molar-refractivity contribution is 0.102. The first-order chi connectivity index (χ1) is 9.41. The van der Waals surface area contributed by atoms with E-state index >= 15 is 0 Å². The highest BCUT2D eigenvalue weighted by Crippen LogP contribution is 2.35. The molecule has 0 aliphatic heterocycles. The molecule has 0 aliphatic carbocycles. The van der Waals surface area contributed by atoms with Crippen LogP contribution in [0, 0.1) is 6.92 Å². The summed E-state index contributed by atoms with van der Waals surface area (Å²) in [6.45, 7) is 1.67. The van der Waals surface area contributed by atoms with Crippen molar-refractivity contribution < 1.29 is 9.42 Å². The summed E-state index contributed by atoms with van der Waals surface area (Å²) in [5, 5.41) is 10.5. The number of amides is 1. The minimum absolute atomic E-state index is 0.257. The molecule has 0 atom stereocenters. The number of nitrogens with one attached hydrogen (secondary N) is 1. The molecule has 6 nitrogen and oxygen atoms in total. The molecule has 0 saturated carbocycles. The molecular weight excluding hydrogens is 303 g/mol. The zero-order chi connectivity index (χ0) is 14.9. The number of aromatic nitrogens is 2. The highest BCUT2D eigenvalue weighted by molar-refractivity contribution is 6.41. The third-order valence-corrected chi connectivity index (χ3v) is 3.33. The van der Waals surface area contributed by atoms with Crippen molar-refractivity contribution in [2.45, 2.75) is 6.92 Å². The van der Waals surface area contributed by atoms with Crippen molar-refractivity contribution in [2.75, 3.05) is 24.3 Å². The van der Waals surface area contributed by atoms with E-state index in [1.54, 1.807) is 38.1 Å². The van der Waals surface area contributed by atoms with Gasteiger partial charge in [-0.05, 0) is 24.2 Å². The minimum Gasteiger partial charge on any atom is -0.375 e. The van der Waals surface area contributed by atoms with Crippen LogP contribution in [0.15, 0.2) is 16.8 Å². The van der Waals surface area contributed by atoms with E-state index in [0.29, 0.717) is 22.0 Å².